The number of hydrogen-bond acceptors (Lipinski definition) is 5. The Kier molecular flexibility index (Phi) is 4.61. The molecule has 0 unspecified atom stereocenters. The molecule has 0 bridgehead atoms. The van der Waals surface area contributed by atoms with Gasteiger partial charge in [0.1, 0.15) is 10.0 Å². The van der Waals surface area contributed by atoms with Crippen molar-refractivity contribution in [3.63, 3.8) is 0 Å². The van der Waals surface area contributed by atoms with Crippen molar-refractivity contribution < 1.29 is 0 Å². The van der Waals surface area contributed by atoms with Crippen molar-refractivity contribution in [2.75, 3.05) is 25.1 Å². The monoisotopic (exact) mass is 257 g/mol. The molecule has 0 radical (unpaired) electrons. The number of hydrogen-bond donors (Lipinski definition) is 0. The second-order valence-corrected chi connectivity index (χ2v) is 6.57. The molecule has 2 rings (SSSR count). The number of rotatable bonds is 4. The van der Waals surface area contributed by atoms with Crippen LogP contribution in [0.3, 0.4) is 0 Å². The molecule has 2 heterocycles. The predicted molar refractivity (Wildman–Crippen MR) is 71.0 cm³/mol. The van der Waals surface area contributed by atoms with Crippen LogP contribution in [0.15, 0.2) is 0 Å². The molecule has 1 aromatic heterocycles. The topological polar surface area (TPSA) is 29.0 Å². The maximum atomic E-state index is 4.19. The zero-order valence-corrected chi connectivity index (χ0v) is 11.6. The van der Waals surface area contributed by atoms with E-state index in [0.717, 1.165) is 17.5 Å². The van der Waals surface area contributed by atoms with E-state index < -0.39 is 0 Å². The van der Waals surface area contributed by atoms with E-state index in [2.05, 4.69) is 21.4 Å². The van der Waals surface area contributed by atoms with Gasteiger partial charge < -0.3 is 0 Å². The lowest BCUT2D eigenvalue weighted by atomic mass is 9.99. The van der Waals surface area contributed by atoms with Gasteiger partial charge in [-0.2, -0.15) is 11.8 Å². The molecule has 1 saturated heterocycles. The number of piperidine rings is 1. The molecular formula is C11H19N3S2. The molecule has 0 aliphatic carbocycles. The smallest absolute Gasteiger partial charge is 0.131 e. The van der Waals surface area contributed by atoms with Crippen molar-refractivity contribution in [2.45, 2.75) is 26.3 Å². The van der Waals surface area contributed by atoms with Crippen LogP contribution in [0.1, 0.15) is 22.9 Å². The first-order valence-electron chi connectivity index (χ1n) is 5.78. The lowest BCUT2D eigenvalue weighted by Gasteiger charge is -2.30. The molecule has 1 aromatic rings. The van der Waals surface area contributed by atoms with Crippen molar-refractivity contribution in [1.82, 2.24) is 15.1 Å². The second-order valence-electron chi connectivity index (χ2n) is 4.39. The van der Waals surface area contributed by atoms with E-state index in [4.69, 9.17) is 0 Å². The molecule has 0 saturated carbocycles. The SMILES string of the molecule is CSCC1CCN(Cc2nnc(C)s2)CC1. The maximum Gasteiger partial charge on any atom is 0.131 e. The van der Waals surface area contributed by atoms with E-state index in [0.29, 0.717) is 0 Å². The van der Waals surface area contributed by atoms with Crippen LogP contribution in [-0.4, -0.2) is 40.2 Å². The molecule has 1 fully saturated rings. The summed E-state index contributed by atoms with van der Waals surface area (Å²) in [6.07, 6.45) is 4.90. The molecule has 0 N–H and O–H groups in total. The molecule has 16 heavy (non-hydrogen) atoms. The number of nitrogens with zero attached hydrogens (tertiary/aromatic N) is 3. The Hall–Kier alpha value is -0.130. The minimum absolute atomic E-state index is 0.933. The summed E-state index contributed by atoms with van der Waals surface area (Å²) in [7, 11) is 0. The van der Waals surface area contributed by atoms with Crippen molar-refractivity contribution >= 4 is 23.1 Å². The summed E-state index contributed by atoms with van der Waals surface area (Å²) in [5, 5.41) is 10.5. The predicted octanol–water partition coefficient (Wildman–Crippen LogP) is 2.42. The van der Waals surface area contributed by atoms with Gasteiger partial charge in [0.25, 0.3) is 0 Å². The van der Waals surface area contributed by atoms with Crippen LogP contribution in [0.4, 0.5) is 0 Å². The summed E-state index contributed by atoms with van der Waals surface area (Å²) >= 11 is 3.70. The van der Waals surface area contributed by atoms with Gasteiger partial charge in [0.05, 0.1) is 6.54 Å². The van der Waals surface area contributed by atoms with E-state index in [9.17, 15) is 0 Å². The number of thioether (sulfide) groups is 1. The highest BCUT2D eigenvalue weighted by Crippen LogP contribution is 2.22. The fourth-order valence-electron chi connectivity index (χ4n) is 2.14. The third kappa shape index (κ3) is 3.43. The normalized spacial score (nSPS) is 19.1. The summed E-state index contributed by atoms with van der Waals surface area (Å²) in [6.45, 7) is 5.47. The van der Waals surface area contributed by atoms with Gasteiger partial charge in [0, 0.05) is 0 Å². The van der Waals surface area contributed by atoms with Crippen molar-refractivity contribution in [1.29, 1.82) is 0 Å². The third-order valence-corrected chi connectivity index (χ3v) is 4.66. The Balaban J connectivity index is 1.77. The molecule has 1 aliphatic heterocycles. The van der Waals surface area contributed by atoms with Crippen LogP contribution >= 0.6 is 23.1 Å². The fourth-order valence-corrected chi connectivity index (χ4v) is 3.70. The molecule has 5 heteroatoms. The van der Waals surface area contributed by atoms with Gasteiger partial charge in [0.15, 0.2) is 0 Å². The van der Waals surface area contributed by atoms with Gasteiger partial charge in [-0.05, 0) is 50.8 Å². The van der Waals surface area contributed by atoms with Crippen molar-refractivity contribution in [3.8, 4) is 0 Å². The standard InChI is InChI=1S/C11H19N3S2/c1-9-12-13-11(16-9)7-14-5-3-10(4-6-14)8-15-2/h10H,3-8H2,1-2H3. The molecule has 0 aromatic carbocycles. The number of aryl methyl sites for hydroxylation is 1. The van der Waals surface area contributed by atoms with Gasteiger partial charge in [-0.1, -0.05) is 0 Å². The van der Waals surface area contributed by atoms with Crippen LogP contribution in [0, 0.1) is 12.8 Å². The van der Waals surface area contributed by atoms with Crippen LogP contribution in [0.25, 0.3) is 0 Å². The lowest BCUT2D eigenvalue weighted by molar-refractivity contribution is 0.186. The Labute approximate surface area is 106 Å². The quantitative estimate of drug-likeness (QED) is 0.828. The van der Waals surface area contributed by atoms with E-state index in [-0.39, 0.29) is 0 Å². The van der Waals surface area contributed by atoms with Gasteiger partial charge >= 0.3 is 0 Å². The average molecular weight is 257 g/mol. The highest BCUT2D eigenvalue weighted by molar-refractivity contribution is 7.98. The molecule has 3 nitrogen and oxygen atoms in total. The first-order valence-corrected chi connectivity index (χ1v) is 7.99. The van der Waals surface area contributed by atoms with Crippen LogP contribution in [0.5, 0.6) is 0 Å². The molecule has 0 amide bonds. The van der Waals surface area contributed by atoms with Gasteiger partial charge in [-0.3, -0.25) is 4.90 Å². The highest BCUT2D eigenvalue weighted by atomic mass is 32.2. The largest absolute Gasteiger partial charge is 0.297 e. The number of likely N-dealkylation sites (tertiary alicyclic amines) is 1. The maximum absolute atomic E-state index is 4.19. The van der Waals surface area contributed by atoms with Gasteiger partial charge in [-0.15, -0.1) is 21.5 Å². The average Bonchev–Trinajstić information content (AvgIpc) is 2.67. The van der Waals surface area contributed by atoms with E-state index in [1.54, 1.807) is 11.3 Å². The minimum atomic E-state index is 0.933. The fraction of sp³-hybridized carbons (Fsp3) is 0.818. The number of aromatic nitrogens is 2. The molecule has 0 spiro atoms. The van der Waals surface area contributed by atoms with Crippen LogP contribution in [-0.2, 0) is 6.54 Å². The van der Waals surface area contributed by atoms with Gasteiger partial charge in [0.2, 0.25) is 0 Å². The zero-order valence-electron chi connectivity index (χ0n) is 9.98. The molecule has 90 valence electrons. The van der Waals surface area contributed by atoms with Gasteiger partial charge in [-0.25, -0.2) is 0 Å². The minimum Gasteiger partial charge on any atom is -0.297 e. The molecule has 1 aliphatic rings. The Morgan fingerprint density at radius 2 is 2.12 bits per heavy atom. The first kappa shape index (κ1) is 12.3. The van der Waals surface area contributed by atoms with Crippen molar-refractivity contribution in [2.24, 2.45) is 5.92 Å². The summed E-state index contributed by atoms with van der Waals surface area (Å²) in [5.41, 5.74) is 0. The highest BCUT2D eigenvalue weighted by Gasteiger charge is 2.19. The Morgan fingerprint density at radius 3 is 2.69 bits per heavy atom. The summed E-state index contributed by atoms with van der Waals surface area (Å²) < 4.78 is 0. The van der Waals surface area contributed by atoms with Crippen LogP contribution in [0.2, 0.25) is 0 Å². The lowest BCUT2D eigenvalue weighted by Crippen LogP contribution is -2.33. The van der Waals surface area contributed by atoms with E-state index in [1.807, 2.05) is 18.7 Å². The summed E-state index contributed by atoms with van der Waals surface area (Å²) in [6, 6.07) is 0. The summed E-state index contributed by atoms with van der Waals surface area (Å²) in [5.74, 6) is 2.26. The molecule has 0 atom stereocenters. The van der Waals surface area contributed by atoms with E-state index >= 15 is 0 Å². The third-order valence-electron chi connectivity index (χ3n) is 3.04. The summed E-state index contributed by atoms with van der Waals surface area (Å²) in [4.78, 5) is 2.51. The van der Waals surface area contributed by atoms with E-state index in [1.165, 1.54) is 36.7 Å². The van der Waals surface area contributed by atoms with Crippen LogP contribution < -0.4 is 0 Å². The first-order chi connectivity index (χ1) is 7.78. The molecular weight excluding hydrogens is 238 g/mol. The second kappa shape index (κ2) is 5.98. The Morgan fingerprint density at radius 1 is 1.38 bits per heavy atom. The Bertz CT molecular complexity index is 319. The van der Waals surface area contributed by atoms with Crippen molar-refractivity contribution in [3.05, 3.63) is 10.0 Å². The zero-order chi connectivity index (χ0) is 11.4.